The predicted molar refractivity (Wildman–Crippen MR) is 61.7 cm³/mol. The third kappa shape index (κ3) is 2.24. The van der Waals surface area contributed by atoms with Gasteiger partial charge in [0, 0.05) is 19.2 Å². The smallest absolute Gasteiger partial charge is 0.227 e. The Morgan fingerprint density at radius 3 is 3.12 bits per heavy atom. The molecule has 1 aromatic heterocycles. The van der Waals surface area contributed by atoms with Crippen LogP contribution in [-0.2, 0) is 11.8 Å². The van der Waals surface area contributed by atoms with Crippen LogP contribution in [0.3, 0.4) is 0 Å². The van der Waals surface area contributed by atoms with E-state index in [4.69, 9.17) is 5.73 Å². The molecule has 2 rings (SSSR count). The third-order valence-electron chi connectivity index (χ3n) is 3.27. The van der Waals surface area contributed by atoms with Crippen molar-refractivity contribution in [2.24, 2.45) is 24.6 Å². The van der Waals surface area contributed by atoms with E-state index in [1.165, 1.54) is 0 Å². The van der Waals surface area contributed by atoms with Crippen molar-refractivity contribution in [1.82, 2.24) is 9.78 Å². The number of rotatable bonds is 3. The highest BCUT2D eigenvalue weighted by Gasteiger charge is 2.31. The molecule has 1 heterocycles. The molecule has 1 saturated carbocycles. The predicted octanol–water partition coefficient (Wildman–Crippen LogP) is 0.734. The van der Waals surface area contributed by atoms with Crippen molar-refractivity contribution >= 4 is 11.6 Å². The quantitative estimate of drug-likeness (QED) is 0.792. The van der Waals surface area contributed by atoms with Crippen LogP contribution in [0.4, 0.5) is 5.69 Å². The summed E-state index contributed by atoms with van der Waals surface area (Å²) in [4.78, 5) is 12.0. The summed E-state index contributed by atoms with van der Waals surface area (Å²) < 4.78 is 1.67. The van der Waals surface area contributed by atoms with E-state index in [1.807, 2.05) is 7.05 Å². The molecule has 1 fully saturated rings. The van der Waals surface area contributed by atoms with Gasteiger partial charge < -0.3 is 11.1 Å². The zero-order chi connectivity index (χ0) is 11.5. The molecular formula is C11H18N4O. The third-order valence-corrected chi connectivity index (χ3v) is 3.27. The molecule has 5 heteroatoms. The maximum Gasteiger partial charge on any atom is 0.227 e. The van der Waals surface area contributed by atoms with Crippen LogP contribution in [0.5, 0.6) is 0 Å². The Morgan fingerprint density at radius 1 is 1.69 bits per heavy atom. The van der Waals surface area contributed by atoms with Crippen LogP contribution in [0.1, 0.15) is 19.3 Å². The van der Waals surface area contributed by atoms with Crippen LogP contribution in [0.2, 0.25) is 0 Å². The molecule has 0 aromatic carbocycles. The second kappa shape index (κ2) is 4.65. The first-order chi connectivity index (χ1) is 7.70. The standard InChI is InChI=1S/C11H18N4O/c1-15-7-9(6-13-15)14-11(16)10-4-2-3-8(10)5-12/h6-8,10H,2-5,12H2,1H3,(H,14,16). The minimum atomic E-state index is 0.0743. The number of hydrogen-bond acceptors (Lipinski definition) is 3. The molecule has 5 nitrogen and oxygen atoms in total. The number of carbonyl (C=O) groups is 1. The van der Waals surface area contributed by atoms with Gasteiger partial charge in [-0.1, -0.05) is 6.42 Å². The molecule has 2 unspecified atom stereocenters. The van der Waals surface area contributed by atoms with Crippen molar-refractivity contribution in [3.05, 3.63) is 12.4 Å². The molecule has 3 N–H and O–H groups in total. The molecule has 1 aromatic rings. The second-order valence-corrected chi connectivity index (χ2v) is 4.43. The molecule has 0 spiro atoms. The number of nitrogens with one attached hydrogen (secondary N) is 1. The van der Waals surface area contributed by atoms with Gasteiger partial charge in [-0.25, -0.2) is 0 Å². The minimum Gasteiger partial charge on any atom is -0.330 e. The molecule has 2 atom stereocenters. The number of nitrogens with two attached hydrogens (primary N) is 1. The van der Waals surface area contributed by atoms with Crippen molar-refractivity contribution < 1.29 is 4.79 Å². The number of anilines is 1. The van der Waals surface area contributed by atoms with Crippen LogP contribution in [-0.4, -0.2) is 22.2 Å². The lowest BCUT2D eigenvalue weighted by Crippen LogP contribution is -2.29. The summed E-state index contributed by atoms with van der Waals surface area (Å²) in [5.41, 5.74) is 6.42. The monoisotopic (exact) mass is 222 g/mol. The molecule has 0 bridgehead atoms. The SMILES string of the molecule is Cn1cc(NC(=O)C2CCCC2CN)cn1. The van der Waals surface area contributed by atoms with E-state index in [0.717, 1.165) is 24.9 Å². The number of carbonyl (C=O) groups excluding carboxylic acids is 1. The van der Waals surface area contributed by atoms with Gasteiger partial charge in [0.25, 0.3) is 0 Å². The average molecular weight is 222 g/mol. The van der Waals surface area contributed by atoms with Crippen LogP contribution in [0.15, 0.2) is 12.4 Å². The molecular weight excluding hydrogens is 204 g/mol. The highest BCUT2D eigenvalue weighted by molar-refractivity contribution is 5.92. The highest BCUT2D eigenvalue weighted by Crippen LogP contribution is 2.31. The van der Waals surface area contributed by atoms with Crippen molar-refractivity contribution in [2.75, 3.05) is 11.9 Å². The van der Waals surface area contributed by atoms with Crippen molar-refractivity contribution in [2.45, 2.75) is 19.3 Å². The fourth-order valence-corrected chi connectivity index (χ4v) is 2.38. The first-order valence-electron chi connectivity index (χ1n) is 5.70. The zero-order valence-electron chi connectivity index (χ0n) is 9.52. The molecule has 1 amide bonds. The van der Waals surface area contributed by atoms with Gasteiger partial charge in [0.1, 0.15) is 0 Å². The molecule has 0 saturated heterocycles. The maximum absolute atomic E-state index is 12.0. The van der Waals surface area contributed by atoms with Gasteiger partial charge in [0.2, 0.25) is 5.91 Å². The second-order valence-electron chi connectivity index (χ2n) is 4.43. The first kappa shape index (κ1) is 11.1. The van der Waals surface area contributed by atoms with Crippen molar-refractivity contribution in [3.8, 4) is 0 Å². The Balaban J connectivity index is 1.97. The Labute approximate surface area is 95.0 Å². The van der Waals surface area contributed by atoms with Gasteiger partial charge in [0.05, 0.1) is 11.9 Å². The van der Waals surface area contributed by atoms with Crippen LogP contribution in [0, 0.1) is 11.8 Å². The van der Waals surface area contributed by atoms with E-state index in [-0.39, 0.29) is 11.8 Å². The Hall–Kier alpha value is -1.36. The van der Waals surface area contributed by atoms with Crippen LogP contribution in [0.25, 0.3) is 0 Å². The van der Waals surface area contributed by atoms with Gasteiger partial charge >= 0.3 is 0 Å². The van der Waals surface area contributed by atoms with Gasteiger partial charge in [0.15, 0.2) is 0 Å². The number of hydrogen-bond donors (Lipinski definition) is 2. The summed E-state index contributed by atoms with van der Waals surface area (Å²) in [6.07, 6.45) is 6.58. The largest absolute Gasteiger partial charge is 0.330 e. The van der Waals surface area contributed by atoms with E-state index in [0.29, 0.717) is 12.5 Å². The number of aromatic nitrogens is 2. The topological polar surface area (TPSA) is 72.9 Å². The molecule has 1 aliphatic rings. The van der Waals surface area contributed by atoms with E-state index >= 15 is 0 Å². The van der Waals surface area contributed by atoms with Crippen molar-refractivity contribution in [1.29, 1.82) is 0 Å². The summed E-state index contributed by atoms with van der Waals surface area (Å²) in [6, 6.07) is 0. The Kier molecular flexibility index (Phi) is 3.24. The van der Waals surface area contributed by atoms with Crippen LogP contribution >= 0.6 is 0 Å². The first-order valence-corrected chi connectivity index (χ1v) is 5.70. The fraction of sp³-hybridized carbons (Fsp3) is 0.636. The lowest BCUT2D eigenvalue weighted by Gasteiger charge is -2.16. The van der Waals surface area contributed by atoms with Gasteiger partial charge in [-0.3, -0.25) is 9.48 Å². The minimum absolute atomic E-state index is 0.0743. The number of nitrogens with zero attached hydrogens (tertiary/aromatic N) is 2. The maximum atomic E-state index is 12.0. The van der Waals surface area contributed by atoms with E-state index < -0.39 is 0 Å². The normalized spacial score (nSPS) is 24.6. The summed E-state index contributed by atoms with van der Waals surface area (Å²) in [7, 11) is 1.83. The summed E-state index contributed by atoms with van der Waals surface area (Å²) in [5.74, 6) is 0.503. The van der Waals surface area contributed by atoms with E-state index in [9.17, 15) is 4.79 Å². The van der Waals surface area contributed by atoms with E-state index in [2.05, 4.69) is 10.4 Å². The fourth-order valence-electron chi connectivity index (χ4n) is 2.38. The lowest BCUT2D eigenvalue weighted by molar-refractivity contribution is -0.120. The molecule has 0 radical (unpaired) electrons. The summed E-state index contributed by atoms with van der Waals surface area (Å²) in [6.45, 7) is 0.602. The van der Waals surface area contributed by atoms with Gasteiger partial charge in [-0.2, -0.15) is 5.10 Å². The molecule has 0 aliphatic heterocycles. The number of aryl methyl sites for hydroxylation is 1. The number of amides is 1. The molecule has 88 valence electrons. The average Bonchev–Trinajstić information content (AvgIpc) is 2.86. The summed E-state index contributed by atoms with van der Waals surface area (Å²) in [5, 5.41) is 6.90. The summed E-state index contributed by atoms with van der Waals surface area (Å²) >= 11 is 0. The van der Waals surface area contributed by atoms with Crippen LogP contribution < -0.4 is 11.1 Å². The Bertz CT molecular complexity index is 374. The molecule has 1 aliphatic carbocycles. The highest BCUT2D eigenvalue weighted by atomic mass is 16.1. The van der Waals surface area contributed by atoms with Gasteiger partial charge in [-0.15, -0.1) is 0 Å². The van der Waals surface area contributed by atoms with E-state index in [1.54, 1.807) is 17.1 Å². The van der Waals surface area contributed by atoms with Crippen molar-refractivity contribution in [3.63, 3.8) is 0 Å². The lowest BCUT2D eigenvalue weighted by atomic mass is 9.95. The Morgan fingerprint density at radius 2 is 2.50 bits per heavy atom. The zero-order valence-corrected chi connectivity index (χ0v) is 9.52. The molecule has 16 heavy (non-hydrogen) atoms. The van der Waals surface area contributed by atoms with Gasteiger partial charge in [-0.05, 0) is 25.3 Å².